The number of halogens is 1. The second kappa shape index (κ2) is 6.88. The molecule has 0 bridgehead atoms. The molecule has 2 aromatic heterocycles. The quantitative estimate of drug-likeness (QED) is 0.853. The second-order valence-electron chi connectivity index (χ2n) is 5.75. The number of nitrogens with one attached hydrogen (secondary N) is 1. The molecule has 8 nitrogen and oxygen atoms in total. The van der Waals surface area contributed by atoms with Crippen molar-refractivity contribution < 1.29 is 19.1 Å². The van der Waals surface area contributed by atoms with Gasteiger partial charge in [0.2, 0.25) is 0 Å². The van der Waals surface area contributed by atoms with E-state index >= 15 is 0 Å². The first-order chi connectivity index (χ1) is 11.2. The molecule has 0 aromatic carbocycles. The fraction of sp³-hybridized carbons (Fsp3) is 0.333. The molecule has 1 N–H and O–H groups in total. The first-order valence-corrected chi connectivity index (χ1v) is 7.38. The summed E-state index contributed by atoms with van der Waals surface area (Å²) in [5.41, 5.74) is -0.605. The highest BCUT2D eigenvalue weighted by atomic mass is 35.5. The number of rotatable bonds is 3. The minimum absolute atomic E-state index is 0.0594. The molecule has 24 heavy (non-hydrogen) atoms. The molecule has 2 heterocycles. The molecular formula is C15H17ClN4O4. The maximum absolute atomic E-state index is 11.9. The van der Waals surface area contributed by atoms with E-state index in [-0.39, 0.29) is 22.4 Å². The summed E-state index contributed by atoms with van der Waals surface area (Å²) in [7, 11) is 1.24. The van der Waals surface area contributed by atoms with Crippen molar-refractivity contribution >= 4 is 29.5 Å². The molecule has 0 radical (unpaired) electrons. The van der Waals surface area contributed by atoms with Crippen LogP contribution in [-0.4, -0.2) is 39.5 Å². The largest absolute Gasteiger partial charge is 0.464 e. The fourth-order valence-electron chi connectivity index (χ4n) is 1.80. The zero-order valence-corrected chi connectivity index (χ0v) is 14.4. The molecule has 2 rings (SSSR count). The topological polar surface area (TPSA) is 95.3 Å². The van der Waals surface area contributed by atoms with E-state index in [1.54, 1.807) is 32.9 Å². The average molecular weight is 353 g/mol. The van der Waals surface area contributed by atoms with Gasteiger partial charge in [-0.2, -0.15) is 0 Å². The van der Waals surface area contributed by atoms with Crippen LogP contribution in [-0.2, 0) is 9.47 Å². The van der Waals surface area contributed by atoms with E-state index in [0.29, 0.717) is 0 Å². The zero-order valence-electron chi connectivity index (χ0n) is 13.7. The Morgan fingerprint density at radius 1 is 1.33 bits per heavy atom. The molecule has 9 heteroatoms. The molecule has 0 aliphatic heterocycles. The van der Waals surface area contributed by atoms with E-state index in [0.717, 1.165) is 0 Å². The number of amides is 1. The Balaban J connectivity index is 2.38. The third-order valence-corrected chi connectivity index (χ3v) is 2.97. The van der Waals surface area contributed by atoms with Gasteiger partial charge in [-0.3, -0.25) is 5.32 Å². The highest BCUT2D eigenvalue weighted by Crippen LogP contribution is 2.21. The number of anilines is 1. The first kappa shape index (κ1) is 17.7. The van der Waals surface area contributed by atoms with E-state index in [2.05, 4.69) is 15.4 Å². The third-order valence-electron chi connectivity index (χ3n) is 2.67. The number of hydrogen-bond acceptors (Lipinski definition) is 6. The molecule has 2 aromatic rings. The Hall–Kier alpha value is -2.61. The Morgan fingerprint density at radius 2 is 2.04 bits per heavy atom. The Kier molecular flexibility index (Phi) is 5.08. The van der Waals surface area contributed by atoms with Crippen molar-refractivity contribution in [3.05, 3.63) is 35.1 Å². The van der Waals surface area contributed by atoms with Crippen LogP contribution in [0.25, 0.3) is 5.82 Å². The van der Waals surface area contributed by atoms with Crippen molar-refractivity contribution in [2.24, 2.45) is 0 Å². The SMILES string of the molecule is COC(=O)c1cc(NC(=O)OC(C)(C)C)nn1-c1ncccc1Cl. The van der Waals surface area contributed by atoms with Gasteiger partial charge in [-0.15, -0.1) is 5.10 Å². The van der Waals surface area contributed by atoms with E-state index in [9.17, 15) is 9.59 Å². The van der Waals surface area contributed by atoms with Crippen LogP contribution in [0.1, 0.15) is 31.3 Å². The molecule has 0 spiro atoms. The molecule has 0 saturated carbocycles. The number of hydrogen-bond donors (Lipinski definition) is 1. The summed E-state index contributed by atoms with van der Waals surface area (Å²) < 4.78 is 11.1. The van der Waals surface area contributed by atoms with Crippen molar-refractivity contribution in [1.29, 1.82) is 0 Å². The van der Waals surface area contributed by atoms with Crippen molar-refractivity contribution in [3.63, 3.8) is 0 Å². The van der Waals surface area contributed by atoms with Gasteiger partial charge in [-0.1, -0.05) is 11.6 Å². The van der Waals surface area contributed by atoms with E-state index in [1.807, 2.05) is 0 Å². The van der Waals surface area contributed by atoms with Gasteiger partial charge in [0, 0.05) is 12.3 Å². The molecule has 0 atom stereocenters. The number of esters is 1. The summed E-state index contributed by atoms with van der Waals surface area (Å²) in [6.07, 6.45) is 0.806. The van der Waals surface area contributed by atoms with Gasteiger partial charge >= 0.3 is 12.1 Å². The number of carbonyl (C=O) groups is 2. The smallest absolute Gasteiger partial charge is 0.413 e. The molecule has 0 aliphatic rings. The van der Waals surface area contributed by atoms with Gasteiger partial charge in [-0.05, 0) is 32.9 Å². The Morgan fingerprint density at radius 3 is 2.62 bits per heavy atom. The van der Waals surface area contributed by atoms with Gasteiger partial charge in [0.15, 0.2) is 17.3 Å². The maximum atomic E-state index is 11.9. The predicted molar refractivity (Wildman–Crippen MR) is 87.6 cm³/mol. The van der Waals surface area contributed by atoms with Crippen LogP contribution < -0.4 is 5.32 Å². The van der Waals surface area contributed by atoms with E-state index in [1.165, 1.54) is 24.1 Å². The molecule has 1 amide bonds. The number of aromatic nitrogens is 3. The number of carbonyl (C=O) groups excluding carboxylic acids is 2. The Labute approximate surface area is 143 Å². The normalized spacial score (nSPS) is 11.0. The van der Waals surface area contributed by atoms with Crippen molar-refractivity contribution in [2.75, 3.05) is 12.4 Å². The average Bonchev–Trinajstić information content (AvgIpc) is 2.88. The van der Waals surface area contributed by atoms with Gasteiger partial charge in [0.05, 0.1) is 12.1 Å². The maximum Gasteiger partial charge on any atom is 0.413 e. The van der Waals surface area contributed by atoms with Crippen LogP contribution in [0.5, 0.6) is 0 Å². The Bertz CT molecular complexity index is 767. The number of ether oxygens (including phenoxy) is 2. The van der Waals surface area contributed by atoms with E-state index in [4.69, 9.17) is 21.1 Å². The van der Waals surface area contributed by atoms with Crippen LogP contribution in [0.4, 0.5) is 10.6 Å². The minimum atomic E-state index is -0.698. The zero-order chi connectivity index (χ0) is 17.9. The first-order valence-electron chi connectivity index (χ1n) is 7.00. The summed E-state index contributed by atoms with van der Waals surface area (Å²) in [5.74, 6) is -0.315. The van der Waals surface area contributed by atoms with Crippen molar-refractivity contribution in [3.8, 4) is 5.82 Å². The van der Waals surface area contributed by atoms with E-state index < -0.39 is 17.7 Å². The number of pyridine rings is 1. The number of methoxy groups -OCH3 is 1. The van der Waals surface area contributed by atoms with Gasteiger partial charge in [0.1, 0.15) is 5.60 Å². The summed E-state index contributed by atoms with van der Waals surface area (Å²) in [5, 5.41) is 6.88. The van der Waals surface area contributed by atoms with Crippen LogP contribution in [0.15, 0.2) is 24.4 Å². The predicted octanol–water partition coefficient (Wildman–Crippen LogP) is 3.05. The summed E-state index contributed by atoms with van der Waals surface area (Å²) >= 11 is 6.09. The van der Waals surface area contributed by atoms with Gasteiger partial charge in [-0.25, -0.2) is 19.3 Å². The lowest BCUT2D eigenvalue weighted by atomic mass is 10.2. The lowest BCUT2D eigenvalue weighted by Crippen LogP contribution is -2.27. The highest BCUT2D eigenvalue weighted by molar-refractivity contribution is 6.32. The standard InChI is InChI=1S/C15H17ClN4O4/c1-15(2,3)24-14(22)18-11-8-10(13(21)23-4)20(19-11)12-9(16)6-5-7-17-12/h5-8H,1-4H3,(H,18,19,22). The molecule has 0 aliphatic carbocycles. The molecule has 128 valence electrons. The van der Waals surface area contributed by atoms with Crippen LogP contribution in [0, 0.1) is 0 Å². The van der Waals surface area contributed by atoms with Gasteiger partial charge < -0.3 is 9.47 Å². The number of nitrogens with zero attached hydrogens (tertiary/aromatic N) is 3. The molecular weight excluding hydrogens is 336 g/mol. The lowest BCUT2D eigenvalue weighted by Gasteiger charge is -2.18. The molecule has 0 unspecified atom stereocenters. The fourth-order valence-corrected chi connectivity index (χ4v) is 2.00. The lowest BCUT2D eigenvalue weighted by molar-refractivity contribution is 0.0588. The molecule has 0 fully saturated rings. The van der Waals surface area contributed by atoms with Crippen LogP contribution in [0.2, 0.25) is 5.02 Å². The minimum Gasteiger partial charge on any atom is -0.464 e. The highest BCUT2D eigenvalue weighted by Gasteiger charge is 2.22. The summed E-state index contributed by atoms with van der Waals surface area (Å²) in [6, 6.07) is 4.60. The van der Waals surface area contributed by atoms with Crippen molar-refractivity contribution in [1.82, 2.24) is 14.8 Å². The van der Waals surface area contributed by atoms with Gasteiger partial charge in [0.25, 0.3) is 0 Å². The monoisotopic (exact) mass is 352 g/mol. The molecule has 0 saturated heterocycles. The summed E-state index contributed by atoms with van der Waals surface area (Å²) in [6.45, 7) is 5.20. The third kappa shape index (κ3) is 4.23. The van der Waals surface area contributed by atoms with Crippen LogP contribution >= 0.6 is 11.6 Å². The second-order valence-corrected chi connectivity index (χ2v) is 6.16. The van der Waals surface area contributed by atoms with Crippen LogP contribution in [0.3, 0.4) is 0 Å². The van der Waals surface area contributed by atoms with Crippen molar-refractivity contribution in [2.45, 2.75) is 26.4 Å². The summed E-state index contributed by atoms with van der Waals surface area (Å²) in [4.78, 5) is 27.9.